The Morgan fingerprint density at radius 1 is 1.19 bits per heavy atom. The number of benzene rings is 1. The van der Waals surface area contributed by atoms with Crippen molar-refractivity contribution in [2.24, 2.45) is 0 Å². The number of aryl methyl sites for hydroxylation is 1. The van der Waals surface area contributed by atoms with E-state index in [1.165, 1.54) is 12.0 Å². The zero-order valence-corrected chi connectivity index (χ0v) is 11.6. The smallest absolute Gasteiger partial charge is 0.114 e. The minimum absolute atomic E-state index is 0.591. The van der Waals surface area contributed by atoms with Crippen molar-refractivity contribution in [2.45, 2.75) is 47.6 Å². The summed E-state index contributed by atoms with van der Waals surface area (Å²) in [6.45, 7) is 10.9. The van der Waals surface area contributed by atoms with Gasteiger partial charge < -0.3 is 4.74 Å². The molecule has 90 valence electrons. The molecule has 0 unspecified atom stereocenters. The molecule has 0 amide bonds. The molecule has 2 radical (unpaired) electrons. The molecule has 1 aromatic rings. The van der Waals surface area contributed by atoms with Gasteiger partial charge in [0.1, 0.15) is 7.85 Å². The molecular weight excluding hydrogens is 195 g/mol. The normalized spacial score (nSPS) is 8.38. The monoisotopic (exact) mass is 220 g/mol. The number of hydrogen-bond donors (Lipinski definition) is 0. The second-order valence-corrected chi connectivity index (χ2v) is 3.34. The number of hydrogen-bond acceptors (Lipinski definition) is 1. The molecular formula is C14H25BO. The third kappa shape index (κ3) is 8.54. The molecule has 0 N–H and O–H groups in total. The predicted molar refractivity (Wildman–Crippen MR) is 74.6 cm³/mol. The summed E-state index contributed by atoms with van der Waals surface area (Å²) >= 11 is 0. The Bertz CT molecular complexity index is 259. The maximum Gasteiger partial charge on any atom is 0.114 e. The van der Waals surface area contributed by atoms with Gasteiger partial charge in [-0.2, -0.15) is 0 Å². The first-order valence-electron chi connectivity index (χ1n) is 5.99. The van der Waals surface area contributed by atoms with E-state index in [-0.39, 0.29) is 0 Å². The first kappa shape index (κ1) is 17.6. The zero-order chi connectivity index (χ0) is 13.0. The quantitative estimate of drug-likeness (QED) is 0.694. The average molecular weight is 220 g/mol. The second kappa shape index (κ2) is 12.3. The SMILES string of the molecule is CC.CCC.[B]c1ccc(C)cc1COC. The molecule has 1 nitrogen and oxygen atoms in total. The van der Waals surface area contributed by atoms with E-state index in [1.807, 2.05) is 39.0 Å². The van der Waals surface area contributed by atoms with Crippen molar-refractivity contribution in [1.82, 2.24) is 0 Å². The van der Waals surface area contributed by atoms with Crippen molar-refractivity contribution < 1.29 is 4.74 Å². The lowest BCUT2D eigenvalue weighted by atomic mass is 9.90. The van der Waals surface area contributed by atoms with Gasteiger partial charge in [0.05, 0.1) is 6.61 Å². The second-order valence-electron chi connectivity index (χ2n) is 3.34. The first-order chi connectivity index (χ1) is 7.65. The molecule has 0 fully saturated rings. The van der Waals surface area contributed by atoms with Crippen molar-refractivity contribution >= 4 is 13.3 Å². The summed E-state index contributed by atoms with van der Waals surface area (Å²) in [5.41, 5.74) is 3.08. The van der Waals surface area contributed by atoms with Crippen molar-refractivity contribution in [3.8, 4) is 0 Å². The van der Waals surface area contributed by atoms with E-state index < -0.39 is 0 Å². The lowest BCUT2D eigenvalue weighted by Crippen LogP contribution is -2.10. The number of methoxy groups -OCH3 is 1. The van der Waals surface area contributed by atoms with Gasteiger partial charge in [-0.25, -0.2) is 0 Å². The molecule has 0 bridgehead atoms. The van der Waals surface area contributed by atoms with Gasteiger partial charge in [0.25, 0.3) is 0 Å². The minimum Gasteiger partial charge on any atom is -0.380 e. The highest BCUT2D eigenvalue weighted by Gasteiger charge is 1.95. The van der Waals surface area contributed by atoms with E-state index >= 15 is 0 Å². The maximum atomic E-state index is 5.70. The largest absolute Gasteiger partial charge is 0.380 e. The summed E-state index contributed by atoms with van der Waals surface area (Å²) in [4.78, 5) is 0. The summed E-state index contributed by atoms with van der Waals surface area (Å²) < 4.78 is 4.98. The van der Waals surface area contributed by atoms with Crippen LogP contribution in [0, 0.1) is 6.92 Å². The van der Waals surface area contributed by atoms with Crippen LogP contribution in [0.4, 0.5) is 0 Å². The van der Waals surface area contributed by atoms with Gasteiger partial charge in [-0.3, -0.25) is 0 Å². The van der Waals surface area contributed by atoms with E-state index in [0.29, 0.717) is 6.61 Å². The van der Waals surface area contributed by atoms with Crippen LogP contribution in [0.2, 0.25) is 0 Å². The van der Waals surface area contributed by atoms with Gasteiger partial charge in [0.2, 0.25) is 0 Å². The summed E-state index contributed by atoms with van der Waals surface area (Å²) in [7, 11) is 7.36. The molecule has 0 aliphatic carbocycles. The molecule has 0 saturated carbocycles. The first-order valence-corrected chi connectivity index (χ1v) is 5.99. The van der Waals surface area contributed by atoms with Crippen LogP contribution in [0.15, 0.2) is 18.2 Å². The molecule has 0 aliphatic rings. The molecule has 0 atom stereocenters. The third-order valence-electron chi connectivity index (χ3n) is 1.60. The standard InChI is InChI=1S/C9H11BO.C3H8.C2H6/c1-7-3-4-9(10)8(5-7)6-11-2;1-3-2;1-2/h3-5H,6H2,1-2H3;3H2,1-2H3;1-2H3. The molecule has 0 aliphatic heterocycles. The zero-order valence-electron chi connectivity index (χ0n) is 11.6. The van der Waals surface area contributed by atoms with Crippen LogP contribution in [0.1, 0.15) is 45.2 Å². The van der Waals surface area contributed by atoms with Crippen LogP contribution in [0.5, 0.6) is 0 Å². The van der Waals surface area contributed by atoms with Gasteiger partial charge in [-0.1, -0.05) is 63.3 Å². The summed E-state index contributed by atoms with van der Waals surface area (Å²) in [5, 5.41) is 0. The molecule has 0 heterocycles. The molecule has 0 saturated heterocycles. The fourth-order valence-electron chi connectivity index (χ4n) is 1.02. The van der Waals surface area contributed by atoms with E-state index in [0.717, 1.165) is 11.0 Å². The van der Waals surface area contributed by atoms with Gasteiger partial charge in [-0.15, -0.1) is 0 Å². The molecule has 1 aromatic carbocycles. The van der Waals surface area contributed by atoms with Crippen molar-refractivity contribution in [3.63, 3.8) is 0 Å². The molecule has 1 rings (SSSR count). The fourth-order valence-corrected chi connectivity index (χ4v) is 1.02. The van der Waals surface area contributed by atoms with Crippen molar-refractivity contribution in [1.29, 1.82) is 0 Å². The molecule has 2 heteroatoms. The number of rotatable bonds is 2. The lowest BCUT2D eigenvalue weighted by molar-refractivity contribution is 0.185. The highest BCUT2D eigenvalue weighted by atomic mass is 16.5. The Morgan fingerprint density at radius 2 is 1.69 bits per heavy atom. The van der Waals surface area contributed by atoms with Crippen molar-refractivity contribution in [2.75, 3.05) is 7.11 Å². The lowest BCUT2D eigenvalue weighted by Gasteiger charge is -2.05. The van der Waals surface area contributed by atoms with E-state index in [1.54, 1.807) is 7.11 Å². The Balaban J connectivity index is 0. The van der Waals surface area contributed by atoms with Gasteiger partial charge in [-0.05, 0) is 12.5 Å². The van der Waals surface area contributed by atoms with Gasteiger partial charge in [0.15, 0.2) is 0 Å². The highest BCUT2D eigenvalue weighted by Crippen LogP contribution is 2.01. The summed E-state index contributed by atoms with van der Waals surface area (Å²) in [6.07, 6.45) is 1.25. The predicted octanol–water partition coefficient (Wildman–Crippen LogP) is 3.38. The third-order valence-corrected chi connectivity index (χ3v) is 1.60. The topological polar surface area (TPSA) is 9.23 Å². The maximum absolute atomic E-state index is 5.70. The van der Waals surface area contributed by atoms with Crippen LogP contribution in [-0.4, -0.2) is 15.0 Å². The fraction of sp³-hybridized carbons (Fsp3) is 0.571. The molecule has 0 aromatic heterocycles. The summed E-state index contributed by atoms with van der Waals surface area (Å²) in [5.74, 6) is 0. The van der Waals surface area contributed by atoms with Crippen LogP contribution in [0.3, 0.4) is 0 Å². The van der Waals surface area contributed by atoms with Crippen LogP contribution < -0.4 is 5.46 Å². The van der Waals surface area contributed by atoms with Crippen LogP contribution >= 0.6 is 0 Å². The van der Waals surface area contributed by atoms with Crippen LogP contribution in [-0.2, 0) is 11.3 Å². The molecule has 16 heavy (non-hydrogen) atoms. The Morgan fingerprint density at radius 3 is 2.12 bits per heavy atom. The van der Waals surface area contributed by atoms with E-state index in [2.05, 4.69) is 13.8 Å². The van der Waals surface area contributed by atoms with E-state index in [4.69, 9.17) is 12.6 Å². The van der Waals surface area contributed by atoms with Gasteiger partial charge >= 0.3 is 0 Å². The van der Waals surface area contributed by atoms with Crippen molar-refractivity contribution in [3.05, 3.63) is 29.3 Å². The Labute approximate surface area is 103 Å². The Hall–Kier alpha value is -0.755. The Kier molecular flexibility index (Phi) is 13.6. The summed E-state index contributed by atoms with van der Waals surface area (Å²) in [6, 6.07) is 5.94. The van der Waals surface area contributed by atoms with Gasteiger partial charge in [0, 0.05) is 7.11 Å². The average Bonchev–Trinajstić information content (AvgIpc) is 2.28. The number of ether oxygens (including phenoxy) is 1. The highest BCUT2D eigenvalue weighted by molar-refractivity contribution is 6.33. The van der Waals surface area contributed by atoms with E-state index in [9.17, 15) is 0 Å². The minimum atomic E-state index is 0.591. The van der Waals surface area contributed by atoms with Crippen LogP contribution in [0.25, 0.3) is 0 Å². The molecule has 0 spiro atoms.